The third-order valence-electron chi connectivity index (χ3n) is 4.43. The summed E-state index contributed by atoms with van der Waals surface area (Å²) in [5, 5.41) is 23.6. The smallest absolute Gasteiger partial charge is 0.285 e. The van der Waals surface area contributed by atoms with Crippen molar-refractivity contribution in [3.05, 3.63) is 56.0 Å². The molecule has 6 nitrogen and oxygen atoms in total. The first-order valence-corrected chi connectivity index (χ1v) is 8.12. The highest BCUT2D eigenvalue weighted by Crippen LogP contribution is 2.25. The van der Waals surface area contributed by atoms with Gasteiger partial charge >= 0.3 is 0 Å². The molecule has 0 radical (unpaired) electrons. The van der Waals surface area contributed by atoms with Crippen LogP contribution in [-0.4, -0.2) is 27.6 Å². The zero-order valence-corrected chi connectivity index (χ0v) is 15.3. The van der Waals surface area contributed by atoms with E-state index in [0.717, 1.165) is 27.1 Å². The van der Waals surface area contributed by atoms with Crippen molar-refractivity contribution in [3.8, 4) is 11.8 Å². The first kappa shape index (κ1) is 18.7. The Morgan fingerprint density at radius 1 is 1.20 bits per heavy atom. The maximum Gasteiger partial charge on any atom is 0.285 e. The van der Waals surface area contributed by atoms with E-state index in [0.29, 0.717) is 11.3 Å². The molecule has 2 aromatic rings. The maximum absolute atomic E-state index is 12.3. The fourth-order valence-corrected chi connectivity index (χ4v) is 2.61. The van der Waals surface area contributed by atoms with Crippen LogP contribution in [-0.2, 0) is 6.54 Å². The monoisotopic (exact) mass is 341 g/mol. The molecule has 2 rings (SSSR count). The number of aromatic nitrogens is 2. The summed E-state index contributed by atoms with van der Waals surface area (Å²) in [6.07, 6.45) is -0.918. The van der Waals surface area contributed by atoms with Gasteiger partial charge in [-0.3, -0.25) is 4.79 Å². The van der Waals surface area contributed by atoms with Gasteiger partial charge in [-0.2, -0.15) is 10.4 Å². The van der Waals surface area contributed by atoms with Gasteiger partial charge in [0.2, 0.25) is 0 Å². The number of nitrogens with zero attached hydrogens (tertiary/aromatic N) is 3. The second-order valence-corrected chi connectivity index (χ2v) is 6.30. The molecule has 1 aromatic heterocycles. The van der Waals surface area contributed by atoms with E-state index < -0.39 is 11.7 Å². The van der Waals surface area contributed by atoms with Crippen LogP contribution in [0.3, 0.4) is 0 Å². The molecule has 0 unspecified atom stereocenters. The fourth-order valence-electron chi connectivity index (χ4n) is 2.61. The lowest BCUT2D eigenvalue weighted by Gasteiger charge is -2.17. The van der Waals surface area contributed by atoms with Gasteiger partial charge in [-0.1, -0.05) is 12.1 Å². The van der Waals surface area contributed by atoms with Crippen molar-refractivity contribution in [2.24, 2.45) is 0 Å². The van der Waals surface area contributed by atoms with Gasteiger partial charge in [-0.15, -0.1) is 0 Å². The van der Waals surface area contributed by atoms with Crippen molar-refractivity contribution in [2.45, 2.75) is 47.3 Å². The molecule has 0 bridgehead atoms. The molecular formula is C19H23N3O3. The van der Waals surface area contributed by atoms with Crippen molar-refractivity contribution in [2.75, 3.05) is 6.61 Å². The Morgan fingerprint density at radius 3 is 2.48 bits per heavy atom. The number of hydrogen-bond acceptors (Lipinski definition) is 5. The van der Waals surface area contributed by atoms with Crippen LogP contribution in [0.2, 0.25) is 0 Å². The van der Waals surface area contributed by atoms with Gasteiger partial charge in [0.25, 0.3) is 5.56 Å². The van der Waals surface area contributed by atoms with Crippen LogP contribution < -0.4 is 10.3 Å². The van der Waals surface area contributed by atoms with E-state index in [1.807, 2.05) is 39.0 Å². The van der Waals surface area contributed by atoms with Crippen LogP contribution in [0.25, 0.3) is 0 Å². The van der Waals surface area contributed by atoms with E-state index in [4.69, 9.17) is 10.00 Å². The van der Waals surface area contributed by atoms with Gasteiger partial charge in [0, 0.05) is 0 Å². The number of hydrogen-bond donors (Lipinski definition) is 1. The Morgan fingerprint density at radius 2 is 1.84 bits per heavy atom. The molecular weight excluding hydrogens is 318 g/mol. The Bertz CT molecular complexity index is 894. The number of aliphatic hydroxyl groups excluding tert-OH is 1. The van der Waals surface area contributed by atoms with E-state index in [1.165, 1.54) is 0 Å². The molecule has 0 amide bonds. The largest absolute Gasteiger partial charge is 0.490 e. The predicted molar refractivity (Wildman–Crippen MR) is 94.8 cm³/mol. The summed E-state index contributed by atoms with van der Waals surface area (Å²) in [6.45, 7) is 9.35. The predicted octanol–water partition coefficient (Wildman–Crippen LogP) is 2.10. The zero-order valence-electron chi connectivity index (χ0n) is 15.3. The second-order valence-electron chi connectivity index (χ2n) is 6.30. The van der Waals surface area contributed by atoms with Gasteiger partial charge in [0.1, 0.15) is 30.1 Å². The van der Waals surface area contributed by atoms with E-state index in [-0.39, 0.29) is 18.7 Å². The Labute approximate surface area is 147 Å². The number of nitriles is 1. The number of ether oxygens (including phenoxy) is 1. The summed E-state index contributed by atoms with van der Waals surface area (Å²) in [6, 6.07) is 5.91. The third kappa shape index (κ3) is 3.89. The molecule has 25 heavy (non-hydrogen) atoms. The Kier molecular flexibility index (Phi) is 5.60. The third-order valence-corrected chi connectivity index (χ3v) is 4.43. The highest BCUT2D eigenvalue weighted by atomic mass is 16.5. The van der Waals surface area contributed by atoms with Gasteiger partial charge in [-0.25, -0.2) is 4.68 Å². The van der Waals surface area contributed by atoms with Crippen LogP contribution in [0, 0.1) is 45.9 Å². The molecule has 1 heterocycles. The Hall–Kier alpha value is -2.65. The second kappa shape index (κ2) is 7.49. The summed E-state index contributed by atoms with van der Waals surface area (Å²) in [7, 11) is 0. The van der Waals surface area contributed by atoms with E-state index in [1.54, 1.807) is 13.8 Å². The first-order chi connectivity index (χ1) is 11.8. The van der Waals surface area contributed by atoms with E-state index in [9.17, 15) is 9.90 Å². The minimum absolute atomic E-state index is 0.0292. The zero-order chi connectivity index (χ0) is 18.7. The van der Waals surface area contributed by atoms with E-state index in [2.05, 4.69) is 5.10 Å². The van der Waals surface area contributed by atoms with E-state index >= 15 is 0 Å². The van der Waals surface area contributed by atoms with Crippen LogP contribution >= 0.6 is 0 Å². The molecule has 1 atom stereocenters. The highest BCUT2D eigenvalue weighted by Gasteiger charge is 2.16. The van der Waals surface area contributed by atoms with Crippen molar-refractivity contribution in [3.63, 3.8) is 0 Å². The summed E-state index contributed by atoms with van der Waals surface area (Å²) < 4.78 is 6.90. The lowest BCUT2D eigenvalue weighted by molar-refractivity contribution is 0.0871. The standard InChI is InChI=1S/C19H23N3O3/c1-11-6-7-12(2)18(13(11)3)25-10-16(23)9-22-19(24)17(8-20)14(4)15(5)21-22/h6-7,16,23H,9-10H2,1-5H3/t16-/m0/s1. The highest BCUT2D eigenvalue weighted by molar-refractivity contribution is 5.44. The molecule has 0 spiro atoms. The van der Waals surface area contributed by atoms with Gasteiger partial charge < -0.3 is 9.84 Å². The Balaban J connectivity index is 2.16. The molecule has 6 heteroatoms. The van der Waals surface area contributed by atoms with Gasteiger partial charge in [0.05, 0.1) is 12.2 Å². The van der Waals surface area contributed by atoms with Crippen LogP contribution in [0.1, 0.15) is 33.5 Å². The number of rotatable bonds is 5. The first-order valence-electron chi connectivity index (χ1n) is 8.12. The maximum atomic E-state index is 12.3. The minimum Gasteiger partial charge on any atom is -0.490 e. The fraction of sp³-hybridized carbons (Fsp3) is 0.421. The molecule has 0 saturated carbocycles. The molecule has 1 N–H and O–H groups in total. The topological polar surface area (TPSA) is 88.1 Å². The molecule has 132 valence electrons. The normalized spacial score (nSPS) is 11.9. The summed E-state index contributed by atoms with van der Waals surface area (Å²) in [5.41, 5.74) is 3.86. The summed E-state index contributed by atoms with van der Waals surface area (Å²) in [5.74, 6) is 0.747. The number of aryl methyl sites for hydroxylation is 3. The average molecular weight is 341 g/mol. The molecule has 0 fully saturated rings. The van der Waals surface area contributed by atoms with Crippen LogP contribution in [0.4, 0.5) is 0 Å². The van der Waals surface area contributed by atoms with Crippen LogP contribution in [0.5, 0.6) is 5.75 Å². The SMILES string of the molecule is Cc1ccc(C)c(OC[C@@H](O)Cn2nc(C)c(C)c(C#N)c2=O)c1C. The molecule has 1 aromatic carbocycles. The van der Waals surface area contributed by atoms with Crippen LogP contribution in [0.15, 0.2) is 16.9 Å². The molecule has 0 aliphatic carbocycles. The quantitative estimate of drug-likeness (QED) is 0.900. The van der Waals surface area contributed by atoms with Gasteiger partial charge in [0.15, 0.2) is 0 Å². The summed E-state index contributed by atoms with van der Waals surface area (Å²) >= 11 is 0. The van der Waals surface area contributed by atoms with Crippen molar-refractivity contribution in [1.82, 2.24) is 9.78 Å². The average Bonchev–Trinajstić information content (AvgIpc) is 2.56. The molecule has 0 aliphatic heterocycles. The number of benzene rings is 1. The lowest BCUT2D eigenvalue weighted by Crippen LogP contribution is -2.34. The van der Waals surface area contributed by atoms with Crippen molar-refractivity contribution in [1.29, 1.82) is 5.26 Å². The summed E-state index contributed by atoms with van der Waals surface area (Å²) in [4.78, 5) is 12.3. The molecule has 0 saturated heterocycles. The number of aliphatic hydroxyl groups is 1. The lowest BCUT2D eigenvalue weighted by atomic mass is 10.1. The van der Waals surface area contributed by atoms with Crippen molar-refractivity contribution < 1.29 is 9.84 Å². The molecule has 0 aliphatic rings. The van der Waals surface area contributed by atoms with Gasteiger partial charge in [-0.05, 0) is 56.9 Å². The van der Waals surface area contributed by atoms with Crippen molar-refractivity contribution >= 4 is 0 Å². The minimum atomic E-state index is -0.918.